The van der Waals surface area contributed by atoms with Gasteiger partial charge in [-0.2, -0.15) is 0 Å². The van der Waals surface area contributed by atoms with Gasteiger partial charge in [0.2, 0.25) is 29.5 Å². The zero-order valence-corrected chi connectivity index (χ0v) is 25.4. The maximum Gasteiger partial charge on any atom is 0.334 e. The molecular formula is C25H43N11O9. The summed E-state index contributed by atoms with van der Waals surface area (Å²) in [4.78, 5) is 103. The largest absolute Gasteiger partial charge is 0.481 e. The number of carboxylic acids is 1. The van der Waals surface area contributed by atoms with Crippen LogP contribution in [0.5, 0.6) is 0 Å². The molecule has 0 aromatic rings. The van der Waals surface area contributed by atoms with E-state index in [4.69, 9.17) is 17.2 Å². The maximum atomic E-state index is 13.3. The number of nitrogens with one attached hydrogen (secondary N) is 6. The number of carboxylic acid groups (broad SMARTS) is 1. The number of carbonyl (C=O) groups is 8. The van der Waals surface area contributed by atoms with Crippen LogP contribution in [0.2, 0.25) is 0 Å². The van der Waals surface area contributed by atoms with E-state index in [-0.39, 0.29) is 31.9 Å². The number of primary amides is 1. The van der Waals surface area contributed by atoms with Crippen molar-refractivity contribution in [1.29, 1.82) is 0 Å². The molecule has 1 heterocycles. The first kappa shape index (κ1) is 37.9. The number of nitrogens with two attached hydrogens (primary N) is 3. The molecule has 20 nitrogen and oxygen atoms in total. The fraction of sp³-hybridized carbons (Fsp3) is 0.640. The summed E-state index contributed by atoms with van der Waals surface area (Å²) in [5.41, 5.74) is 19.6. The Morgan fingerprint density at radius 2 is 1.60 bits per heavy atom. The molecule has 8 amide bonds. The van der Waals surface area contributed by atoms with Crippen LogP contribution in [0.3, 0.4) is 0 Å². The molecule has 1 aliphatic rings. The number of likely N-dealkylation sites (tertiary alicyclic amines) is 1. The van der Waals surface area contributed by atoms with Gasteiger partial charge in [-0.1, -0.05) is 13.8 Å². The zero-order valence-electron chi connectivity index (χ0n) is 25.4. The predicted molar refractivity (Wildman–Crippen MR) is 157 cm³/mol. The minimum Gasteiger partial charge on any atom is -0.481 e. The van der Waals surface area contributed by atoms with Gasteiger partial charge in [-0.15, -0.1) is 0 Å². The number of amides is 8. The lowest BCUT2D eigenvalue weighted by Gasteiger charge is -2.30. The van der Waals surface area contributed by atoms with Gasteiger partial charge in [-0.25, -0.2) is 10.2 Å². The van der Waals surface area contributed by atoms with Gasteiger partial charge in [0.1, 0.15) is 24.2 Å². The lowest BCUT2D eigenvalue weighted by molar-refractivity contribution is -0.141. The van der Waals surface area contributed by atoms with Crippen LogP contribution in [-0.2, 0) is 33.6 Å². The van der Waals surface area contributed by atoms with Crippen LogP contribution >= 0.6 is 0 Å². The number of hydrogen-bond donors (Lipinski definition) is 10. The van der Waals surface area contributed by atoms with E-state index in [2.05, 4.69) is 26.3 Å². The van der Waals surface area contributed by atoms with Gasteiger partial charge in [0, 0.05) is 20.0 Å². The van der Waals surface area contributed by atoms with Crippen molar-refractivity contribution in [1.82, 2.24) is 37.0 Å². The number of rotatable bonds is 16. The van der Waals surface area contributed by atoms with Crippen molar-refractivity contribution in [3.05, 3.63) is 0 Å². The summed E-state index contributed by atoms with van der Waals surface area (Å²) >= 11 is 0. The molecule has 0 aliphatic carbocycles. The van der Waals surface area contributed by atoms with Crippen LogP contribution in [0.15, 0.2) is 4.99 Å². The quantitative estimate of drug-likeness (QED) is 0.0331. The molecule has 45 heavy (non-hydrogen) atoms. The Morgan fingerprint density at radius 1 is 0.933 bits per heavy atom. The second kappa shape index (κ2) is 18.5. The summed E-state index contributed by atoms with van der Waals surface area (Å²) < 4.78 is 0. The number of hydrazine groups is 1. The topological polar surface area (TPSA) is 323 Å². The summed E-state index contributed by atoms with van der Waals surface area (Å²) in [6.07, 6.45) is 0.282. The first-order valence-electron chi connectivity index (χ1n) is 14.1. The highest BCUT2D eigenvalue weighted by Gasteiger charge is 2.39. The minimum absolute atomic E-state index is 0.0551. The van der Waals surface area contributed by atoms with Crippen molar-refractivity contribution in [2.24, 2.45) is 28.1 Å². The van der Waals surface area contributed by atoms with Gasteiger partial charge >= 0.3 is 12.0 Å². The van der Waals surface area contributed by atoms with Crippen molar-refractivity contribution >= 4 is 53.4 Å². The van der Waals surface area contributed by atoms with Crippen molar-refractivity contribution in [3.63, 3.8) is 0 Å². The molecule has 20 heteroatoms. The number of aliphatic imine (C=N–C) groups is 1. The van der Waals surface area contributed by atoms with E-state index in [9.17, 15) is 43.5 Å². The summed E-state index contributed by atoms with van der Waals surface area (Å²) in [6, 6.07) is -5.88. The summed E-state index contributed by atoms with van der Waals surface area (Å²) in [7, 11) is 0. The Balaban J connectivity index is 2.87. The van der Waals surface area contributed by atoms with E-state index in [1.807, 2.05) is 10.9 Å². The van der Waals surface area contributed by atoms with E-state index in [1.54, 1.807) is 13.8 Å². The molecule has 0 radical (unpaired) electrons. The first-order chi connectivity index (χ1) is 21.0. The van der Waals surface area contributed by atoms with E-state index >= 15 is 0 Å². The third kappa shape index (κ3) is 13.8. The van der Waals surface area contributed by atoms with Gasteiger partial charge in [0.05, 0.1) is 13.0 Å². The molecule has 0 bridgehead atoms. The summed E-state index contributed by atoms with van der Waals surface area (Å²) in [5.74, 6) is -6.53. The Kier molecular flexibility index (Phi) is 15.5. The monoisotopic (exact) mass is 641 g/mol. The smallest absolute Gasteiger partial charge is 0.334 e. The normalized spacial score (nSPS) is 15.9. The number of hydrogen-bond acceptors (Lipinski definition) is 9. The minimum atomic E-state index is -1.67. The van der Waals surface area contributed by atoms with E-state index in [0.717, 1.165) is 6.92 Å². The number of urea groups is 1. The van der Waals surface area contributed by atoms with Gasteiger partial charge in [0.15, 0.2) is 5.96 Å². The number of carbonyl (C=O) groups excluding carboxylic acids is 7. The molecule has 1 aliphatic heterocycles. The zero-order chi connectivity index (χ0) is 34.3. The van der Waals surface area contributed by atoms with Crippen molar-refractivity contribution in [2.45, 2.75) is 77.0 Å². The van der Waals surface area contributed by atoms with Crippen LogP contribution in [0, 0.1) is 5.92 Å². The molecule has 4 atom stereocenters. The van der Waals surface area contributed by atoms with E-state index in [0.29, 0.717) is 12.8 Å². The van der Waals surface area contributed by atoms with E-state index in [1.165, 1.54) is 4.90 Å². The molecule has 13 N–H and O–H groups in total. The standard InChI is InChI=1S/C25H43N11O9/c1-12(2)19(23(44)36-9-5-7-16(36)22(43)30-11-17(26)38)33-25(45)35-34-21(42)15(10-18(39)40)32-20(41)14(31-13(3)37)6-4-8-29-24(27)28/h12,14-16,19H,4-11H2,1-3H3,(H2,26,38)(H,30,43)(H,31,37)(H,32,41)(H,34,42)(H,39,40)(H4,27,28,29)(H2,33,35,45)/t14-,15-,16-,19-/m0/s1. The molecule has 0 aromatic heterocycles. The highest BCUT2D eigenvalue weighted by molar-refractivity contribution is 5.95. The SMILES string of the molecule is CC(=O)N[C@@H](CCCN=C(N)N)C(=O)N[C@@H](CC(=O)O)C(=O)NNC(=O)N[C@H](C(=O)N1CCC[C@H]1C(=O)NCC(N)=O)C(C)C. The highest BCUT2D eigenvalue weighted by Crippen LogP contribution is 2.20. The molecule has 1 saturated heterocycles. The fourth-order valence-electron chi connectivity index (χ4n) is 4.34. The van der Waals surface area contributed by atoms with Crippen LogP contribution in [0.4, 0.5) is 4.79 Å². The third-order valence-electron chi connectivity index (χ3n) is 6.44. The number of guanidine groups is 1. The molecule has 1 fully saturated rings. The van der Waals surface area contributed by atoms with Crippen LogP contribution in [0.1, 0.15) is 52.9 Å². The van der Waals surface area contributed by atoms with Gasteiger partial charge in [-0.05, 0) is 31.6 Å². The Hall–Kier alpha value is -5.17. The first-order valence-corrected chi connectivity index (χ1v) is 14.1. The molecule has 0 aromatic carbocycles. The maximum absolute atomic E-state index is 13.3. The third-order valence-corrected chi connectivity index (χ3v) is 6.44. The molecule has 0 spiro atoms. The number of nitrogens with zero attached hydrogens (tertiary/aromatic N) is 2. The molecule has 252 valence electrons. The predicted octanol–water partition coefficient (Wildman–Crippen LogP) is -4.55. The lowest BCUT2D eigenvalue weighted by Crippen LogP contribution is -2.60. The number of aliphatic carboxylic acids is 1. The van der Waals surface area contributed by atoms with Crippen LogP contribution in [0.25, 0.3) is 0 Å². The molecular weight excluding hydrogens is 598 g/mol. The Morgan fingerprint density at radius 3 is 2.16 bits per heavy atom. The molecule has 0 saturated carbocycles. The average molecular weight is 642 g/mol. The van der Waals surface area contributed by atoms with Crippen molar-refractivity contribution < 1.29 is 43.5 Å². The second-order valence-electron chi connectivity index (χ2n) is 10.5. The van der Waals surface area contributed by atoms with Gasteiger partial charge in [-0.3, -0.25) is 44.0 Å². The van der Waals surface area contributed by atoms with Crippen molar-refractivity contribution in [2.75, 3.05) is 19.6 Å². The summed E-state index contributed by atoms with van der Waals surface area (Å²) in [6.45, 7) is 4.41. The van der Waals surface area contributed by atoms with Crippen LogP contribution in [-0.4, -0.2) is 107 Å². The van der Waals surface area contributed by atoms with Gasteiger partial charge in [0.25, 0.3) is 5.91 Å². The highest BCUT2D eigenvalue weighted by atomic mass is 16.4. The molecule has 1 rings (SSSR count). The van der Waals surface area contributed by atoms with Crippen LogP contribution < -0.4 is 49.3 Å². The lowest BCUT2D eigenvalue weighted by atomic mass is 10.0. The summed E-state index contributed by atoms with van der Waals surface area (Å²) in [5, 5.41) is 18.7. The fourth-order valence-corrected chi connectivity index (χ4v) is 4.34. The van der Waals surface area contributed by atoms with E-state index < -0.39 is 90.5 Å². The average Bonchev–Trinajstić information content (AvgIpc) is 3.43. The Bertz CT molecular complexity index is 1160. The Labute approximate surface area is 259 Å². The van der Waals surface area contributed by atoms with Crippen molar-refractivity contribution in [3.8, 4) is 0 Å². The second-order valence-corrected chi connectivity index (χ2v) is 10.5. The molecule has 0 unspecified atom stereocenters. The van der Waals surface area contributed by atoms with Gasteiger partial charge < -0.3 is 48.5 Å².